The van der Waals surface area contributed by atoms with Gasteiger partial charge in [0.25, 0.3) is 5.56 Å². The van der Waals surface area contributed by atoms with E-state index in [1.54, 1.807) is 25.2 Å². The summed E-state index contributed by atoms with van der Waals surface area (Å²) < 4.78 is 7.33. The smallest absolute Gasteiger partial charge is 0.331 e. The van der Waals surface area contributed by atoms with Gasteiger partial charge in [0.1, 0.15) is 17.4 Å². The predicted molar refractivity (Wildman–Crippen MR) is 66.1 cm³/mol. The second kappa shape index (κ2) is 4.48. The molecular weight excluding hydrogens is 236 g/mol. The standard InChI is InChI=1S/C12H12N2O4/c1-13-8-4-3-5-9(18-2)10(8)11(16)14(6-7-15)12(13)17/h3-5,7H,6H2,1-2H3. The summed E-state index contributed by atoms with van der Waals surface area (Å²) in [6, 6.07) is 5.00. The average molecular weight is 248 g/mol. The van der Waals surface area contributed by atoms with Gasteiger partial charge in [-0.3, -0.25) is 13.9 Å². The number of methoxy groups -OCH3 is 1. The van der Waals surface area contributed by atoms with Crippen LogP contribution in [0.2, 0.25) is 0 Å². The zero-order valence-electron chi connectivity index (χ0n) is 10.0. The van der Waals surface area contributed by atoms with Crippen molar-refractivity contribution < 1.29 is 9.53 Å². The first-order valence-electron chi connectivity index (χ1n) is 5.32. The van der Waals surface area contributed by atoms with Crippen LogP contribution >= 0.6 is 0 Å². The Morgan fingerprint density at radius 3 is 2.67 bits per heavy atom. The van der Waals surface area contributed by atoms with Gasteiger partial charge in [0, 0.05) is 7.05 Å². The topological polar surface area (TPSA) is 70.3 Å². The van der Waals surface area contributed by atoms with E-state index in [1.807, 2.05) is 0 Å². The first-order chi connectivity index (χ1) is 8.61. The van der Waals surface area contributed by atoms with E-state index in [4.69, 9.17) is 4.74 Å². The first-order valence-corrected chi connectivity index (χ1v) is 5.32. The molecule has 0 spiro atoms. The van der Waals surface area contributed by atoms with Crippen LogP contribution < -0.4 is 16.0 Å². The monoisotopic (exact) mass is 248 g/mol. The summed E-state index contributed by atoms with van der Waals surface area (Å²) in [7, 11) is 2.99. The van der Waals surface area contributed by atoms with Crippen molar-refractivity contribution in [2.75, 3.05) is 7.11 Å². The van der Waals surface area contributed by atoms with Gasteiger partial charge < -0.3 is 9.53 Å². The fourth-order valence-corrected chi connectivity index (χ4v) is 1.93. The number of nitrogens with zero attached hydrogens (tertiary/aromatic N) is 2. The van der Waals surface area contributed by atoms with Crippen LogP contribution in [-0.2, 0) is 18.4 Å². The maximum atomic E-state index is 12.2. The number of aldehydes is 1. The number of hydrogen-bond donors (Lipinski definition) is 0. The number of aryl methyl sites for hydroxylation is 1. The number of ether oxygens (including phenoxy) is 1. The second-order valence-electron chi connectivity index (χ2n) is 3.78. The van der Waals surface area contributed by atoms with Gasteiger partial charge in [-0.05, 0) is 12.1 Å². The van der Waals surface area contributed by atoms with Gasteiger partial charge in [-0.25, -0.2) is 4.79 Å². The molecule has 6 nitrogen and oxygen atoms in total. The van der Waals surface area contributed by atoms with Gasteiger partial charge in [-0.1, -0.05) is 6.07 Å². The summed E-state index contributed by atoms with van der Waals surface area (Å²) in [5.74, 6) is 0.382. The van der Waals surface area contributed by atoms with Gasteiger partial charge in [-0.15, -0.1) is 0 Å². The van der Waals surface area contributed by atoms with Crippen molar-refractivity contribution in [3.63, 3.8) is 0 Å². The molecule has 18 heavy (non-hydrogen) atoms. The summed E-state index contributed by atoms with van der Waals surface area (Å²) in [6.45, 7) is -0.264. The zero-order valence-corrected chi connectivity index (χ0v) is 10.0. The van der Waals surface area contributed by atoms with Crippen LogP contribution in [0.25, 0.3) is 10.9 Å². The Kier molecular flexibility index (Phi) is 3.01. The van der Waals surface area contributed by atoms with Gasteiger partial charge in [0.2, 0.25) is 0 Å². The normalized spacial score (nSPS) is 10.6. The molecule has 0 radical (unpaired) electrons. The van der Waals surface area contributed by atoms with Gasteiger partial charge in [0.05, 0.1) is 19.2 Å². The molecular formula is C12H12N2O4. The number of aromatic nitrogens is 2. The average Bonchev–Trinajstić information content (AvgIpc) is 2.40. The van der Waals surface area contributed by atoms with Crippen molar-refractivity contribution in [1.29, 1.82) is 0 Å². The maximum absolute atomic E-state index is 12.2. The van der Waals surface area contributed by atoms with E-state index in [0.717, 1.165) is 4.57 Å². The van der Waals surface area contributed by atoms with Gasteiger partial charge in [0.15, 0.2) is 0 Å². The number of hydrogen-bond acceptors (Lipinski definition) is 4. The van der Waals surface area contributed by atoms with Crippen molar-refractivity contribution >= 4 is 17.2 Å². The van der Waals surface area contributed by atoms with Crippen LogP contribution in [-0.4, -0.2) is 22.5 Å². The molecule has 2 aromatic rings. The molecule has 0 aliphatic carbocycles. The van der Waals surface area contributed by atoms with Crippen LogP contribution in [0.1, 0.15) is 0 Å². The highest BCUT2D eigenvalue weighted by molar-refractivity contribution is 5.84. The van der Waals surface area contributed by atoms with E-state index in [9.17, 15) is 14.4 Å². The highest BCUT2D eigenvalue weighted by atomic mass is 16.5. The molecule has 0 atom stereocenters. The maximum Gasteiger partial charge on any atom is 0.331 e. The lowest BCUT2D eigenvalue weighted by molar-refractivity contribution is -0.108. The van der Waals surface area contributed by atoms with Crippen LogP contribution in [0.15, 0.2) is 27.8 Å². The SMILES string of the molecule is COc1cccc2c1c(=O)n(CC=O)c(=O)n2C. The van der Waals surface area contributed by atoms with Crippen molar-refractivity contribution in [3.8, 4) is 5.75 Å². The fraction of sp³-hybridized carbons (Fsp3) is 0.250. The molecule has 0 saturated heterocycles. The molecule has 0 unspecified atom stereocenters. The highest BCUT2D eigenvalue weighted by Crippen LogP contribution is 2.20. The quantitative estimate of drug-likeness (QED) is 0.712. The minimum atomic E-state index is -0.521. The number of fused-ring (bicyclic) bond motifs is 1. The molecule has 0 aliphatic rings. The Bertz CT molecular complexity index is 727. The summed E-state index contributed by atoms with van der Waals surface area (Å²) >= 11 is 0. The summed E-state index contributed by atoms with van der Waals surface area (Å²) in [5, 5.41) is 0.295. The summed E-state index contributed by atoms with van der Waals surface area (Å²) in [5.41, 5.74) is -0.558. The fourth-order valence-electron chi connectivity index (χ4n) is 1.93. The summed E-state index contributed by atoms with van der Waals surface area (Å²) in [4.78, 5) is 34.6. The van der Waals surface area contributed by atoms with Gasteiger partial charge in [-0.2, -0.15) is 0 Å². The van der Waals surface area contributed by atoms with Crippen LogP contribution in [0, 0.1) is 0 Å². The zero-order chi connectivity index (χ0) is 13.3. The molecule has 0 fully saturated rings. The molecule has 2 rings (SSSR count). The lowest BCUT2D eigenvalue weighted by Crippen LogP contribution is -2.39. The van der Waals surface area contributed by atoms with E-state index in [0.29, 0.717) is 22.9 Å². The molecule has 1 aromatic carbocycles. The van der Waals surface area contributed by atoms with E-state index < -0.39 is 11.2 Å². The Labute approximate surface area is 102 Å². The number of benzene rings is 1. The Hall–Kier alpha value is -2.37. The molecule has 6 heteroatoms. The molecule has 94 valence electrons. The van der Waals surface area contributed by atoms with E-state index in [2.05, 4.69) is 0 Å². The number of rotatable bonds is 3. The highest BCUT2D eigenvalue weighted by Gasteiger charge is 2.13. The number of carbonyl (C=O) groups excluding carboxylic acids is 1. The minimum absolute atomic E-state index is 0.264. The Morgan fingerprint density at radius 1 is 1.33 bits per heavy atom. The molecule has 0 amide bonds. The van der Waals surface area contributed by atoms with Crippen molar-refractivity contribution in [1.82, 2.24) is 9.13 Å². The van der Waals surface area contributed by atoms with E-state index in [1.165, 1.54) is 11.7 Å². The predicted octanol–water partition coefficient (Wildman–Crippen LogP) is -0.0923. The lowest BCUT2D eigenvalue weighted by Gasteiger charge is -2.10. The molecule has 0 bridgehead atoms. The molecule has 1 aromatic heterocycles. The third kappa shape index (κ3) is 1.62. The first kappa shape index (κ1) is 12.1. The Balaban J connectivity index is 3.04. The number of carbonyl (C=O) groups is 1. The third-order valence-electron chi connectivity index (χ3n) is 2.82. The Morgan fingerprint density at radius 2 is 2.06 bits per heavy atom. The van der Waals surface area contributed by atoms with Crippen molar-refractivity contribution in [2.24, 2.45) is 7.05 Å². The third-order valence-corrected chi connectivity index (χ3v) is 2.82. The molecule has 0 N–H and O–H groups in total. The molecule has 0 aliphatic heterocycles. The van der Waals surface area contributed by atoms with Crippen molar-refractivity contribution in [3.05, 3.63) is 39.0 Å². The van der Waals surface area contributed by atoms with E-state index in [-0.39, 0.29) is 6.54 Å². The lowest BCUT2D eigenvalue weighted by atomic mass is 10.2. The molecule has 0 saturated carbocycles. The second-order valence-corrected chi connectivity index (χ2v) is 3.78. The molecule has 1 heterocycles. The van der Waals surface area contributed by atoms with E-state index >= 15 is 0 Å². The minimum Gasteiger partial charge on any atom is -0.496 e. The van der Waals surface area contributed by atoms with Gasteiger partial charge >= 0.3 is 5.69 Å². The van der Waals surface area contributed by atoms with Crippen LogP contribution in [0.3, 0.4) is 0 Å². The largest absolute Gasteiger partial charge is 0.496 e. The van der Waals surface area contributed by atoms with Crippen LogP contribution in [0.4, 0.5) is 0 Å². The van der Waals surface area contributed by atoms with Crippen LogP contribution in [0.5, 0.6) is 5.75 Å². The summed E-state index contributed by atoms with van der Waals surface area (Å²) in [6.07, 6.45) is 0.518. The van der Waals surface area contributed by atoms with Crippen molar-refractivity contribution in [2.45, 2.75) is 6.54 Å².